The summed E-state index contributed by atoms with van der Waals surface area (Å²) in [4.78, 5) is 22.4. The maximum absolute atomic E-state index is 12.1. The summed E-state index contributed by atoms with van der Waals surface area (Å²) in [6, 6.07) is 7.49. The maximum Gasteiger partial charge on any atom is 0.303 e. The molecule has 1 aromatic rings. The third kappa shape index (κ3) is 6.90. The number of unbranched alkanes of at least 4 members (excludes halogenated alkanes) is 3. The quantitative estimate of drug-likeness (QED) is 0.575. The molecule has 0 spiro atoms. The van der Waals surface area contributed by atoms with E-state index in [1.165, 1.54) is 0 Å². The standard InChI is InChI=1S/C16H24N2O3/c17-11-10-13-7-4-5-8-14(13)16(21)18-12-6-2-1-3-9-15(19)20/h4-5,7-8H,1-3,6,9-12,17H2,(H,18,21)(H,19,20). The van der Waals surface area contributed by atoms with Gasteiger partial charge in [-0.3, -0.25) is 9.59 Å². The molecule has 0 aliphatic carbocycles. The highest BCUT2D eigenvalue weighted by Gasteiger charge is 2.09. The second-order valence-electron chi connectivity index (χ2n) is 5.01. The molecule has 21 heavy (non-hydrogen) atoms. The average molecular weight is 292 g/mol. The van der Waals surface area contributed by atoms with E-state index in [9.17, 15) is 9.59 Å². The Morgan fingerprint density at radius 3 is 2.52 bits per heavy atom. The van der Waals surface area contributed by atoms with E-state index < -0.39 is 5.97 Å². The molecule has 0 heterocycles. The van der Waals surface area contributed by atoms with Crippen molar-refractivity contribution < 1.29 is 14.7 Å². The molecule has 1 aromatic carbocycles. The van der Waals surface area contributed by atoms with Crippen molar-refractivity contribution >= 4 is 11.9 Å². The Hall–Kier alpha value is -1.88. The number of hydrogen-bond acceptors (Lipinski definition) is 3. The Labute approximate surface area is 125 Å². The minimum absolute atomic E-state index is 0.0652. The van der Waals surface area contributed by atoms with Crippen molar-refractivity contribution in [3.05, 3.63) is 35.4 Å². The number of carbonyl (C=O) groups is 2. The fourth-order valence-electron chi connectivity index (χ4n) is 2.17. The summed E-state index contributed by atoms with van der Waals surface area (Å²) >= 11 is 0. The summed E-state index contributed by atoms with van der Waals surface area (Å²) in [5, 5.41) is 11.4. The molecule has 1 rings (SSSR count). The van der Waals surface area contributed by atoms with Gasteiger partial charge in [0.05, 0.1) is 0 Å². The number of carboxylic acids is 1. The number of hydrogen-bond donors (Lipinski definition) is 3. The molecule has 1 amide bonds. The van der Waals surface area contributed by atoms with Crippen LogP contribution in [0.2, 0.25) is 0 Å². The summed E-state index contributed by atoms with van der Waals surface area (Å²) in [5.41, 5.74) is 7.21. The molecule has 0 aromatic heterocycles. The first-order chi connectivity index (χ1) is 10.1. The van der Waals surface area contributed by atoms with Crippen molar-refractivity contribution in [2.45, 2.75) is 38.5 Å². The summed E-state index contributed by atoms with van der Waals surface area (Å²) in [5.74, 6) is -0.815. The minimum Gasteiger partial charge on any atom is -0.481 e. The lowest BCUT2D eigenvalue weighted by Gasteiger charge is -2.09. The number of nitrogens with one attached hydrogen (secondary N) is 1. The lowest BCUT2D eigenvalue weighted by Crippen LogP contribution is -2.26. The minimum atomic E-state index is -0.750. The predicted molar refractivity (Wildman–Crippen MR) is 82.3 cm³/mol. The molecule has 0 atom stereocenters. The number of nitrogens with two attached hydrogens (primary N) is 1. The number of carboxylic acid groups (broad SMARTS) is 1. The Balaban J connectivity index is 2.26. The molecular formula is C16H24N2O3. The van der Waals surface area contributed by atoms with Crippen LogP contribution in [0.1, 0.15) is 48.0 Å². The monoisotopic (exact) mass is 292 g/mol. The zero-order chi connectivity index (χ0) is 15.5. The van der Waals surface area contributed by atoms with Gasteiger partial charge >= 0.3 is 5.97 Å². The normalized spacial score (nSPS) is 10.3. The van der Waals surface area contributed by atoms with E-state index in [-0.39, 0.29) is 12.3 Å². The molecule has 0 bridgehead atoms. The molecule has 116 valence electrons. The fourth-order valence-corrected chi connectivity index (χ4v) is 2.17. The summed E-state index contributed by atoms with van der Waals surface area (Å²) in [6.45, 7) is 1.14. The zero-order valence-electron chi connectivity index (χ0n) is 12.3. The van der Waals surface area contributed by atoms with Crippen LogP contribution < -0.4 is 11.1 Å². The van der Waals surface area contributed by atoms with E-state index in [1.54, 1.807) is 0 Å². The SMILES string of the molecule is NCCc1ccccc1C(=O)NCCCCCCC(=O)O. The van der Waals surface area contributed by atoms with Gasteiger partial charge in [0, 0.05) is 18.5 Å². The van der Waals surface area contributed by atoms with Crippen LogP contribution in [0.4, 0.5) is 0 Å². The number of rotatable bonds is 10. The molecule has 0 radical (unpaired) electrons. The molecule has 0 unspecified atom stereocenters. The van der Waals surface area contributed by atoms with Gasteiger partial charge in [-0.2, -0.15) is 0 Å². The molecular weight excluding hydrogens is 268 g/mol. The summed E-state index contributed by atoms with van der Waals surface area (Å²) in [6.07, 6.45) is 4.29. The average Bonchev–Trinajstić information content (AvgIpc) is 2.46. The van der Waals surface area contributed by atoms with Gasteiger partial charge in [-0.05, 0) is 37.4 Å². The fraction of sp³-hybridized carbons (Fsp3) is 0.500. The Bertz CT molecular complexity index is 461. The van der Waals surface area contributed by atoms with Gasteiger partial charge in [0.15, 0.2) is 0 Å². The van der Waals surface area contributed by atoms with Gasteiger partial charge in [-0.25, -0.2) is 0 Å². The van der Waals surface area contributed by atoms with Crippen LogP contribution in [-0.4, -0.2) is 30.1 Å². The van der Waals surface area contributed by atoms with Gasteiger partial charge in [-0.15, -0.1) is 0 Å². The van der Waals surface area contributed by atoms with Crippen LogP contribution in [0.15, 0.2) is 24.3 Å². The largest absolute Gasteiger partial charge is 0.481 e. The Kier molecular flexibility index (Phi) is 8.12. The van der Waals surface area contributed by atoms with Crippen molar-refractivity contribution in [2.24, 2.45) is 5.73 Å². The van der Waals surface area contributed by atoms with E-state index in [2.05, 4.69) is 5.32 Å². The van der Waals surface area contributed by atoms with Crippen molar-refractivity contribution in [1.82, 2.24) is 5.32 Å². The third-order valence-corrected chi connectivity index (χ3v) is 3.28. The van der Waals surface area contributed by atoms with E-state index in [0.29, 0.717) is 31.5 Å². The summed E-state index contributed by atoms with van der Waals surface area (Å²) < 4.78 is 0. The van der Waals surface area contributed by atoms with Gasteiger partial charge in [0.2, 0.25) is 0 Å². The van der Waals surface area contributed by atoms with E-state index >= 15 is 0 Å². The molecule has 0 saturated heterocycles. The second kappa shape index (κ2) is 9.94. The van der Waals surface area contributed by atoms with Crippen LogP contribution in [0.25, 0.3) is 0 Å². The second-order valence-corrected chi connectivity index (χ2v) is 5.01. The molecule has 0 fully saturated rings. The number of aliphatic carboxylic acids is 1. The lowest BCUT2D eigenvalue weighted by molar-refractivity contribution is -0.137. The zero-order valence-corrected chi connectivity index (χ0v) is 12.3. The van der Waals surface area contributed by atoms with Crippen LogP contribution in [0.5, 0.6) is 0 Å². The van der Waals surface area contributed by atoms with Gasteiger partial charge in [0.1, 0.15) is 0 Å². The Morgan fingerprint density at radius 2 is 1.81 bits per heavy atom. The van der Waals surface area contributed by atoms with Crippen molar-refractivity contribution in [3.63, 3.8) is 0 Å². The summed E-state index contributed by atoms with van der Waals surface area (Å²) in [7, 11) is 0. The van der Waals surface area contributed by atoms with E-state index in [0.717, 1.165) is 24.8 Å². The number of carbonyl (C=O) groups excluding carboxylic acids is 1. The van der Waals surface area contributed by atoms with Gasteiger partial charge in [-0.1, -0.05) is 31.0 Å². The smallest absolute Gasteiger partial charge is 0.303 e. The topological polar surface area (TPSA) is 92.4 Å². The van der Waals surface area contributed by atoms with Crippen molar-refractivity contribution in [2.75, 3.05) is 13.1 Å². The lowest BCUT2D eigenvalue weighted by atomic mass is 10.0. The first kappa shape index (κ1) is 17.2. The van der Waals surface area contributed by atoms with Crippen molar-refractivity contribution in [1.29, 1.82) is 0 Å². The number of benzene rings is 1. The maximum atomic E-state index is 12.1. The highest BCUT2D eigenvalue weighted by Crippen LogP contribution is 2.09. The van der Waals surface area contributed by atoms with Gasteiger partial charge in [0.25, 0.3) is 5.91 Å². The molecule has 0 aliphatic rings. The number of amides is 1. The highest BCUT2D eigenvalue weighted by molar-refractivity contribution is 5.95. The van der Waals surface area contributed by atoms with Crippen LogP contribution >= 0.6 is 0 Å². The van der Waals surface area contributed by atoms with Crippen molar-refractivity contribution in [3.8, 4) is 0 Å². The van der Waals surface area contributed by atoms with Gasteiger partial charge < -0.3 is 16.2 Å². The highest BCUT2D eigenvalue weighted by atomic mass is 16.4. The first-order valence-electron chi connectivity index (χ1n) is 7.43. The molecule has 5 heteroatoms. The third-order valence-electron chi connectivity index (χ3n) is 3.28. The van der Waals surface area contributed by atoms with E-state index in [4.69, 9.17) is 10.8 Å². The Morgan fingerprint density at radius 1 is 1.10 bits per heavy atom. The molecule has 5 nitrogen and oxygen atoms in total. The first-order valence-corrected chi connectivity index (χ1v) is 7.43. The molecule has 0 saturated carbocycles. The predicted octanol–water partition coefficient (Wildman–Crippen LogP) is 1.95. The van der Waals surface area contributed by atoms with Crippen LogP contribution in [0.3, 0.4) is 0 Å². The molecule has 0 aliphatic heterocycles. The van der Waals surface area contributed by atoms with Crippen LogP contribution in [0, 0.1) is 0 Å². The van der Waals surface area contributed by atoms with Crippen LogP contribution in [-0.2, 0) is 11.2 Å². The van der Waals surface area contributed by atoms with E-state index in [1.807, 2.05) is 24.3 Å². The molecule has 4 N–H and O–H groups in total.